The van der Waals surface area contributed by atoms with Gasteiger partial charge in [0.15, 0.2) is 0 Å². The molecule has 0 saturated carbocycles. The smallest absolute Gasteiger partial charge is 0.227 e. The van der Waals surface area contributed by atoms with Crippen molar-refractivity contribution in [2.45, 2.75) is 47.5 Å². The van der Waals surface area contributed by atoms with Crippen LogP contribution in [-0.4, -0.2) is 9.97 Å². The van der Waals surface area contributed by atoms with E-state index < -0.39 is 0 Å². The number of ether oxygens (including phenoxy) is 1. The van der Waals surface area contributed by atoms with Gasteiger partial charge in [-0.15, -0.1) is 0 Å². The van der Waals surface area contributed by atoms with Gasteiger partial charge in [0.1, 0.15) is 17.4 Å². The van der Waals surface area contributed by atoms with E-state index in [2.05, 4.69) is 43.7 Å². The fraction of sp³-hybridized carbons (Fsp3) is 0.412. The first-order valence-corrected chi connectivity index (χ1v) is 7.31. The predicted molar refractivity (Wildman–Crippen MR) is 85.9 cm³/mol. The lowest BCUT2D eigenvalue weighted by Gasteiger charge is -2.14. The molecular formula is C17H23N3O. The van der Waals surface area contributed by atoms with Crippen molar-refractivity contribution in [2.24, 2.45) is 0 Å². The molecule has 2 aromatic rings. The Labute approximate surface area is 126 Å². The monoisotopic (exact) mass is 285 g/mol. The Kier molecular flexibility index (Phi) is 4.46. The molecule has 0 amide bonds. The maximum absolute atomic E-state index is 6.04. The molecule has 0 radical (unpaired) electrons. The molecule has 0 fully saturated rings. The van der Waals surface area contributed by atoms with Crippen LogP contribution < -0.4 is 10.5 Å². The minimum absolute atomic E-state index is 0.491. The number of rotatable bonds is 4. The molecule has 1 aromatic heterocycles. The second-order valence-electron chi connectivity index (χ2n) is 5.51. The first kappa shape index (κ1) is 15.3. The molecule has 112 valence electrons. The minimum atomic E-state index is 0.491. The Balaban J connectivity index is 2.44. The topological polar surface area (TPSA) is 61.0 Å². The number of nitrogen functional groups attached to an aromatic ring is 1. The average Bonchev–Trinajstić information content (AvgIpc) is 2.41. The van der Waals surface area contributed by atoms with Gasteiger partial charge < -0.3 is 10.5 Å². The summed E-state index contributed by atoms with van der Waals surface area (Å²) in [6, 6.07) is 4.17. The van der Waals surface area contributed by atoms with E-state index in [-0.39, 0.29) is 0 Å². The first-order valence-electron chi connectivity index (χ1n) is 7.31. The number of nitrogens with zero attached hydrogens (tertiary/aromatic N) is 2. The summed E-state index contributed by atoms with van der Waals surface area (Å²) in [4.78, 5) is 8.81. The highest BCUT2D eigenvalue weighted by Crippen LogP contribution is 2.30. The standard InChI is InChI=1S/C17H23N3O/c1-6-7-15-19-16(18)13(5)17(20-15)21-14-9-10(2)8-11(3)12(14)4/h8-9H,6-7H2,1-5H3,(H2,18,19,20). The quantitative estimate of drug-likeness (QED) is 0.921. The molecule has 0 bridgehead atoms. The van der Waals surface area contributed by atoms with Crippen molar-refractivity contribution in [3.8, 4) is 11.6 Å². The van der Waals surface area contributed by atoms with E-state index in [9.17, 15) is 0 Å². The van der Waals surface area contributed by atoms with Crippen LogP contribution in [-0.2, 0) is 6.42 Å². The Morgan fingerprint density at radius 2 is 1.76 bits per heavy atom. The van der Waals surface area contributed by atoms with Crippen molar-refractivity contribution in [2.75, 3.05) is 5.73 Å². The number of hydrogen-bond acceptors (Lipinski definition) is 4. The lowest BCUT2D eigenvalue weighted by Crippen LogP contribution is -2.05. The highest BCUT2D eigenvalue weighted by Gasteiger charge is 2.13. The molecule has 0 aliphatic carbocycles. The second-order valence-corrected chi connectivity index (χ2v) is 5.51. The molecule has 0 saturated heterocycles. The van der Waals surface area contributed by atoms with Gasteiger partial charge in [-0.2, -0.15) is 4.98 Å². The van der Waals surface area contributed by atoms with Gasteiger partial charge in [0.2, 0.25) is 5.88 Å². The zero-order chi connectivity index (χ0) is 15.6. The molecule has 1 heterocycles. The van der Waals surface area contributed by atoms with E-state index in [0.29, 0.717) is 11.7 Å². The third-order valence-electron chi connectivity index (χ3n) is 3.63. The van der Waals surface area contributed by atoms with Crippen LogP contribution in [0.15, 0.2) is 12.1 Å². The van der Waals surface area contributed by atoms with Crippen LogP contribution >= 0.6 is 0 Å². The first-order chi connectivity index (χ1) is 9.92. The summed E-state index contributed by atoms with van der Waals surface area (Å²) in [5.41, 5.74) is 10.3. The van der Waals surface area contributed by atoms with E-state index in [1.54, 1.807) is 0 Å². The molecule has 0 aliphatic heterocycles. The Hall–Kier alpha value is -2.10. The maximum atomic E-state index is 6.04. The van der Waals surface area contributed by atoms with Crippen LogP contribution in [0.2, 0.25) is 0 Å². The predicted octanol–water partition coefficient (Wildman–Crippen LogP) is 4.04. The lowest BCUT2D eigenvalue weighted by molar-refractivity contribution is 0.450. The van der Waals surface area contributed by atoms with Gasteiger partial charge in [-0.25, -0.2) is 4.98 Å². The number of nitrogens with two attached hydrogens (primary N) is 1. The van der Waals surface area contributed by atoms with Crippen LogP contribution in [0, 0.1) is 27.7 Å². The van der Waals surface area contributed by atoms with E-state index in [1.807, 2.05) is 13.0 Å². The Morgan fingerprint density at radius 3 is 2.43 bits per heavy atom. The summed E-state index contributed by atoms with van der Waals surface area (Å²) in [5.74, 6) is 2.61. The van der Waals surface area contributed by atoms with Gasteiger partial charge >= 0.3 is 0 Å². The van der Waals surface area contributed by atoms with Gasteiger partial charge in [0.05, 0.1) is 5.56 Å². The molecule has 0 aliphatic rings. The van der Waals surface area contributed by atoms with Crippen LogP contribution in [0.25, 0.3) is 0 Å². The highest BCUT2D eigenvalue weighted by molar-refractivity contribution is 5.48. The van der Waals surface area contributed by atoms with E-state index >= 15 is 0 Å². The van der Waals surface area contributed by atoms with Gasteiger partial charge in [-0.05, 0) is 56.9 Å². The number of hydrogen-bond donors (Lipinski definition) is 1. The van der Waals surface area contributed by atoms with Crippen molar-refractivity contribution >= 4 is 5.82 Å². The van der Waals surface area contributed by atoms with Gasteiger partial charge in [0, 0.05) is 6.42 Å². The maximum Gasteiger partial charge on any atom is 0.227 e. The number of anilines is 1. The number of aromatic nitrogens is 2. The van der Waals surface area contributed by atoms with Crippen LogP contribution in [0.4, 0.5) is 5.82 Å². The molecule has 0 spiro atoms. The van der Waals surface area contributed by atoms with E-state index in [1.165, 1.54) is 11.1 Å². The van der Waals surface area contributed by atoms with E-state index in [0.717, 1.165) is 35.5 Å². The van der Waals surface area contributed by atoms with Crippen molar-refractivity contribution in [1.29, 1.82) is 0 Å². The lowest BCUT2D eigenvalue weighted by atomic mass is 10.1. The molecule has 21 heavy (non-hydrogen) atoms. The molecular weight excluding hydrogens is 262 g/mol. The third kappa shape index (κ3) is 3.32. The molecule has 4 heteroatoms. The summed E-state index contributed by atoms with van der Waals surface area (Å²) in [5, 5.41) is 0. The highest BCUT2D eigenvalue weighted by atomic mass is 16.5. The SMILES string of the molecule is CCCc1nc(N)c(C)c(Oc2cc(C)cc(C)c2C)n1. The fourth-order valence-electron chi connectivity index (χ4n) is 2.20. The Bertz CT molecular complexity index is 666. The molecule has 2 N–H and O–H groups in total. The number of aryl methyl sites for hydroxylation is 3. The van der Waals surface area contributed by atoms with Crippen molar-refractivity contribution in [3.05, 3.63) is 40.2 Å². The zero-order valence-electron chi connectivity index (χ0n) is 13.4. The Morgan fingerprint density at radius 1 is 1.05 bits per heavy atom. The van der Waals surface area contributed by atoms with Crippen molar-refractivity contribution in [1.82, 2.24) is 9.97 Å². The van der Waals surface area contributed by atoms with Gasteiger partial charge in [0.25, 0.3) is 0 Å². The van der Waals surface area contributed by atoms with Crippen LogP contribution in [0.1, 0.15) is 41.4 Å². The summed E-state index contributed by atoms with van der Waals surface area (Å²) in [6.45, 7) is 10.2. The van der Waals surface area contributed by atoms with Crippen molar-refractivity contribution < 1.29 is 4.74 Å². The summed E-state index contributed by atoms with van der Waals surface area (Å²) in [7, 11) is 0. The zero-order valence-corrected chi connectivity index (χ0v) is 13.4. The molecule has 1 aromatic carbocycles. The fourth-order valence-corrected chi connectivity index (χ4v) is 2.20. The van der Waals surface area contributed by atoms with Gasteiger partial charge in [-0.1, -0.05) is 13.0 Å². The van der Waals surface area contributed by atoms with Crippen LogP contribution in [0.3, 0.4) is 0 Å². The molecule has 4 nitrogen and oxygen atoms in total. The largest absolute Gasteiger partial charge is 0.438 e. The second kappa shape index (κ2) is 6.12. The summed E-state index contributed by atoms with van der Waals surface area (Å²) >= 11 is 0. The molecule has 0 unspecified atom stereocenters. The molecule has 2 rings (SSSR count). The summed E-state index contributed by atoms with van der Waals surface area (Å²) < 4.78 is 6.04. The van der Waals surface area contributed by atoms with Crippen LogP contribution in [0.5, 0.6) is 11.6 Å². The van der Waals surface area contributed by atoms with Crippen molar-refractivity contribution in [3.63, 3.8) is 0 Å². The minimum Gasteiger partial charge on any atom is -0.438 e. The summed E-state index contributed by atoms with van der Waals surface area (Å²) in [6.07, 6.45) is 1.77. The number of benzene rings is 1. The van der Waals surface area contributed by atoms with Gasteiger partial charge in [-0.3, -0.25) is 0 Å². The molecule has 0 atom stereocenters. The third-order valence-corrected chi connectivity index (χ3v) is 3.63. The van der Waals surface area contributed by atoms with E-state index in [4.69, 9.17) is 10.5 Å². The normalized spacial score (nSPS) is 10.7. The average molecular weight is 285 g/mol.